The van der Waals surface area contributed by atoms with Gasteiger partial charge in [-0.3, -0.25) is 9.80 Å². The summed E-state index contributed by atoms with van der Waals surface area (Å²) in [6, 6.07) is 17.1. The normalized spacial score (nSPS) is 11.0. The van der Waals surface area contributed by atoms with Crippen molar-refractivity contribution in [3.05, 3.63) is 83.9 Å². The molecular weight excluding hydrogens is 280 g/mol. The summed E-state index contributed by atoms with van der Waals surface area (Å²) in [6.07, 6.45) is 3.75. The fourth-order valence-electron chi connectivity index (χ4n) is 2.65. The maximum atomic E-state index is 3.79. The predicted octanol–water partition coefficient (Wildman–Crippen LogP) is 4.49. The first-order chi connectivity index (χ1) is 11.1. The Morgan fingerprint density at radius 2 is 1.04 bits per heavy atom. The Morgan fingerprint density at radius 1 is 0.696 bits per heavy atom. The summed E-state index contributed by atoms with van der Waals surface area (Å²) in [6.45, 7) is 10.4. The van der Waals surface area contributed by atoms with E-state index in [1.807, 2.05) is 12.2 Å². The van der Waals surface area contributed by atoms with Crippen molar-refractivity contribution in [1.82, 2.24) is 9.80 Å². The smallest absolute Gasteiger partial charge is 0.0507 e. The average molecular weight is 306 g/mol. The van der Waals surface area contributed by atoms with Crippen molar-refractivity contribution in [2.75, 3.05) is 20.8 Å². The first kappa shape index (κ1) is 17.2. The van der Waals surface area contributed by atoms with Crippen LogP contribution in [0.1, 0.15) is 22.3 Å². The highest BCUT2D eigenvalue weighted by atomic mass is 15.3. The molecule has 23 heavy (non-hydrogen) atoms. The molecule has 0 N–H and O–H groups in total. The molecule has 0 aliphatic carbocycles. The van der Waals surface area contributed by atoms with Gasteiger partial charge in [-0.15, -0.1) is 0 Å². The van der Waals surface area contributed by atoms with Crippen LogP contribution in [0.15, 0.2) is 61.7 Å². The zero-order valence-electron chi connectivity index (χ0n) is 14.2. The first-order valence-electron chi connectivity index (χ1n) is 7.90. The number of nitrogens with zero attached hydrogens (tertiary/aromatic N) is 2. The molecule has 2 aromatic rings. The van der Waals surface area contributed by atoms with Crippen LogP contribution in [-0.2, 0) is 13.1 Å². The van der Waals surface area contributed by atoms with E-state index in [0.717, 1.165) is 30.9 Å². The van der Waals surface area contributed by atoms with Crippen molar-refractivity contribution < 1.29 is 0 Å². The van der Waals surface area contributed by atoms with Crippen LogP contribution in [0.3, 0.4) is 0 Å². The van der Waals surface area contributed by atoms with Crippen molar-refractivity contribution in [3.63, 3.8) is 0 Å². The highest BCUT2D eigenvalue weighted by Crippen LogP contribution is 2.10. The summed E-state index contributed by atoms with van der Waals surface area (Å²) in [5.41, 5.74) is 4.97. The monoisotopic (exact) mass is 306 g/mol. The molecule has 0 radical (unpaired) electrons. The van der Waals surface area contributed by atoms with E-state index in [4.69, 9.17) is 0 Å². The lowest BCUT2D eigenvalue weighted by Gasteiger charge is -2.24. The van der Waals surface area contributed by atoms with E-state index in [2.05, 4.69) is 85.6 Å². The molecule has 0 atom stereocenters. The Labute approximate surface area is 140 Å². The summed E-state index contributed by atoms with van der Waals surface area (Å²) in [7, 11) is 4.30. The second-order valence-corrected chi connectivity index (χ2v) is 6.06. The van der Waals surface area contributed by atoms with Crippen LogP contribution < -0.4 is 0 Å². The number of hydrogen-bond donors (Lipinski definition) is 0. The lowest BCUT2D eigenvalue weighted by Crippen LogP contribution is -2.32. The zero-order valence-corrected chi connectivity index (χ0v) is 14.2. The molecule has 0 aliphatic rings. The standard InChI is InChI=1S/C21H26N2/c1-5-18-7-11-20(12-8-18)15-22(3)17-23(4)16-21-13-9-19(6-2)10-14-21/h5-14H,1-2,15-17H2,3-4H3. The molecule has 2 nitrogen and oxygen atoms in total. The summed E-state index contributed by atoms with van der Waals surface area (Å²) in [4.78, 5) is 4.64. The van der Waals surface area contributed by atoms with Gasteiger partial charge in [0.2, 0.25) is 0 Å². The van der Waals surface area contributed by atoms with Gasteiger partial charge in [-0.1, -0.05) is 73.8 Å². The van der Waals surface area contributed by atoms with Crippen molar-refractivity contribution in [1.29, 1.82) is 0 Å². The van der Waals surface area contributed by atoms with Crippen LogP contribution in [0.5, 0.6) is 0 Å². The maximum absolute atomic E-state index is 3.79. The molecule has 120 valence electrons. The molecule has 0 aliphatic heterocycles. The highest BCUT2D eigenvalue weighted by molar-refractivity contribution is 5.47. The van der Waals surface area contributed by atoms with Gasteiger partial charge in [0, 0.05) is 13.1 Å². The number of benzene rings is 2. The fraction of sp³-hybridized carbons (Fsp3) is 0.238. The minimum atomic E-state index is 0.923. The fourth-order valence-corrected chi connectivity index (χ4v) is 2.65. The lowest BCUT2D eigenvalue weighted by molar-refractivity contribution is 0.171. The van der Waals surface area contributed by atoms with Gasteiger partial charge in [-0.2, -0.15) is 0 Å². The van der Waals surface area contributed by atoms with Gasteiger partial charge in [0.25, 0.3) is 0 Å². The van der Waals surface area contributed by atoms with Gasteiger partial charge in [0.1, 0.15) is 0 Å². The highest BCUT2D eigenvalue weighted by Gasteiger charge is 2.05. The van der Waals surface area contributed by atoms with Gasteiger partial charge in [0.15, 0.2) is 0 Å². The Kier molecular flexibility index (Phi) is 6.33. The molecule has 2 heteroatoms. The van der Waals surface area contributed by atoms with Gasteiger partial charge in [0.05, 0.1) is 6.67 Å². The molecule has 2 aromatic carbocycles. The molecule has 2 rings (SSSR count). The largest absolute Gasteiger partial charge is 0.289 e. The molecule has 0 heterocycles. The van der Waals surface area contributed by atoms with Crippen LogP contribution in [0, 0.1) is 0 Å². The molecular formula is C21H26N2. The summed E-state index contributed by atoms with van der Waals surface area (Å²) < 4.78 is 0. The van der Waals surface area contributed by atoms with Crippen molar-refractivity contribution in [2.24, 2.45) is 0 Å². The van der Waals surface area contributed by atoms with Gasteiger partial charge < -0.3 is 0 Å². The summed E-state index contributed by atoms with van der Waals surface area (Å²) in [5.74, 6) is 0. The topological polar surface area (TPSA) is 6.48 Å². The third kappa shape index (κ3) is 5.51. The van der Waals surface area contributed by atoms with Crippen LogP contribution in [0.4, 0.5) is 0 Å². The molecule has 0 saturated heterocycles. The quantitative estimate of drug-likeness (QED) is 0.663. The second-order valence-electron chi connectivity index (χ2n) is 6.06. The van der Waals surface area contributed by atoms with E-state index >= 15 is 0 Å². The SMILES string of the molecule is C=Cc1ccc(CN(C)CN(C)Cc2ccc(C=C)cc2)cc1. The molecule has 0 amide bonds. The van der Waals surface area contributed by atoms with Crippen LogP contribution >= 0.6 is 0 Å². The van der Waals surface area contributed by atoms with Crippen LogP contribution in [0.2, 0.25) is 0 Å². The third-order valence-corrected chi connectivity index (χ3v) is 3.82. The lowest BCUT2D eigenvalue weighted by atomic mass is 10.1. The van der Waals surface area contributed by atoms with E-state index < -0.39 is 0 Å². The minimum absolute atomic E-state index is 0.923. The molecule has 0 bridgehead atoms. The molecule has 0 saturated carbocycles. The molecule has 0 aromatic heterocycles. The van der Waals surface area contributed by atoms with Crippen molar-refractivity contribution in [2.45, 2.75) is 13.1 Å². The number of rotatable bonds is 8. The number of hydrogen-bond acceptors (Lipinski definition) is 2. The maximum Gasteiger partial charge on any atom is 0.0507 e. The Balaban J connectivity index is 1.84. The Morgan fingerprint density at radius 3 is 1.35 bits per heavy atom. The molecule has 0 fully saturated rings. The Hall–Kier alpha value is -2.16. The summed E-state index contributed by atoms with van der Waals surface area (Å²) >= 11 is 0. The Bertz CT molecular complexity index is 568. The predicted molar refractivity (Wildman–Crippen MR) is 101 cm³/mol. The van der Waals surface area contributed by atoms with E-state index in [1.165, 1.54) is 11.1 Å². The molecule has 0 spiro atoms. The van der Waals surface area contributed by atoms with Gasteiger partial charge >= 0.3 is 0 Å². The van der Waals surface area contributed by atoms with Gasteiger partial charge in [-0.25, -0.2) is 0 Å². The summed E-state index contributed by atoms with van der Waals surface area (Å²) in [5, 5.41) is 0. The van der Waals surface area contributed by atoms with Crippen LogP contribution in [0.25, 0.3) is 12.2 Å². The third-order valence-electron chi connectivity index (χ3n) is 3.82. The zero-order chi connectivity index (χ0) is 16.7. The van der Waals surface area contributed by atoms with Crippen molar-refractivity contribution >= 4 is 12.2 Å². The van der Waals surface area contributed by atoms with Gasteiger partial charge in [-0.05, 0) is 36.3 Å². The van der Waals surface area contributed by atoms with E-state index in [-0.39, 0.29) is 0 Å². The van der Waals surface area contributed by atoms with E-state index in [1.54, 1.807) is 0 Å². The van der Waals surface area contributed by atoms with Crippen LogP contribution in [-0.4, -0.2) is 30.6 Å². The molecule has 0 unspecified atom stereocenters. The van der Waals surface area contributed by atoms with E-state index in [9.17, 15) is 0 Å². The minimum Gasteiger partial charge on any atom is -0.289 e. The van der Waals surface area contributed by atoms with E-state index in [0.29, 0.717) is 0 Å². The second kappa shape index (κ2) is 8.47. The van der Waals surface area contributed by atoms with Crippen molar-refractivity contribution in [3.8, 4) is 0 Å². The average Bonchev–Trinajstić information content (AvgIpc) is 2.56. The first-order valence-corrected chi connectivity index (χ1v) is 7.90.